The molecular formula is C12H19N3. The third-order valence-electron chi connectivity index (χ3n) is 3.06. The van der Waals surface area contributed by atoms with Gasteiger partial charge in [0.2, 0.25) is 0 Å². The van der Waals surface area contributed by atoms with Gasteiger partial charge in [0.1, 0.15) is 5.82 Å². The zero-order valence-corrected chi connectivity index (χ0v) is 9.53. The van der Waals surface area contributed by atoms with Crippen LogP contribution in [0, 0.1) is 12.8 Å². The number of aromatic nitrogens is 1. The maximum atomic E-state index is 5.77. The molecule has 1 aromatic rings. The van der Waals surface area contributed by atoms with E-state index < -0.39 is 0 Å². The molecule has 0 saturated heterocycles. The molecule has 1 aromatic heterocycles. The first kappa shape index (κ1) is 10.4. The van der Waals surface area contributed by atoms with Gasteiger partial charge >= 0.3 is 0 Å². The summed E-state index contributed by atoms with van der Waals surface area (Å²) in [6.07, 6.45) is 4.61. The number of nitrogens with two attached hydrogens (primary N) is 1. The molecule has 3 nitrogen and oxygen atoms in total. The Balaban J connectivity index is 2.20. The average molecular weight is 205 g/mol. The van der Waals surface area contributed by atoms with Crippen molar-refractivity contribution in [3.63, 3.8) is 0 Å². The normalized spacial score (nSPS) is 15.4. The highest BCUT2D eigenvalue weighted by atomic mass is 15.2. The summed E-state index contributed by atoms with van der Waals surface area (Å²) < 4.78 is 0. The quantitative estimate of drug-likeness (QED) is 0.813. The summed E-state index contributed by atoms with van der Waals surface area (Å²) in [6, 6.07) is 2.02. The van der Waals surface area contributed by atoms with Crippen molar-refractivity contribution in [1.82, 2.24) is 4.98 Å². The van der Waals surface area contributed by atoms with Gasteiger partial charge in [-0.25, -0.2) is 4.98 Å². The topological polar surface area (TPSA) is 42.2 Å². The molecule has 0 spiro atoms. The van der Waals surface area contributed by atoms with Crippen LogP contribution in [0.25, 0.3) is 0 Å². The van der Waals surface area contributed by atoms with Gasteiger partial charge in [-0.1, -0.05) is 0 Å². The van der Waals surface area contributed by atoms with E-state index in [0.29, 0.717) is 6.54 Å². The lowest BCUT2D eigenvalue weighted by Crippen LogP contribution is -2.23. The van der Waals surface area contributed by atoms with E-state index in [9.17, 15) is 0 Å². The zero-order chi connectivity index (χ0) is 10.8. The second-order valence-corrected chi connectivity index (χ2v) is 4.46. The Morgan fingerprint density at radius 1 is 1.53 bits per heavy atom. The molecule has 0 amide bonds. The highest BCUT2D eigenvalue weighted by Gasteiger charge is 2.24. The smallest absolute Gasteiger partial charge is 0.133 e. The van der Waals surface area contributed by atoms with Crippen LogP contribution >= 0.6 is 0 Å². The first-order chi connectivity index (χ1) is 7.22. The number of aryl methyl sites for hydroxylation is 1. The Kier molecular flexibility index (Phi) is 2.91. The van der Waals surface area contributed by atoms with Crippen molar-refractivity contribution < 1.29 is 0 Å². The molecule has 0 aliphatic heterocycles. The predicted molar refractivity (Wildman–Crippen MR) is 62.9 cm³/mol. The van der Waals surface area contributed by atoms with Gasteiger partial charge in [0.05, 0.1) is 0 Å². The lowest BCUT2D eigenvalue weighted by Gasteiger charge is -2.21. The van der Waals surface area contributed by atoms with Crippen LogP contribution in [0.1, 0.15) is 24.0 Å². The summed E-state index contributed by atoms with van der Waals surface area (Å²) in [7, 11) is 2.11. The molecule has 0 bridgehead atoms. The van der Waals surface area contributed by atoms with Crippen LogP contribution in [0.15, 0.2) is 12.3 Å². The van der Waals surface area contributed by atoms with Crippen LogP contribution in [0.3, 0.4) is 0 Å². The Morgan fingerprint density at radius 3 is 2.87 bits per heavy atom. The fourth-order valence-electron chi connectivity index (χ4n) is 1.93. The van der Waals surface area contributed by atoms with Crippen LogP contribution in [0.5, 0.6) is 0 Å². The van der Waals surface area contributed by atoms with Crippen molar-refractivity contribution in [3.05, 3.63) is 23.4 Å². The fourth-order valence-corrected chi connectivity index (χ4v) is 1.93. The molecule has 0 radical (unpaired) electrons. The highest BCUT2D eigenvalue weighted by molar-refractivity contribution is 5.49. The number of hydrogen-bond donors (Lipinski definition) is 1. The van der Waals surface area contributed by atoms with Gasteiger partial charge < -0.3 is 10.6 Å². The van der Waals surface area contributed by atoms with E-state index in [4.69, 9.17) is 5.73 Å². The van der Waals surface area contributed by atoms with Gasteiger partial charge in [-0.15, -0.1) is 0 Å². The molecule has 15 heavy (non-hydrogen) atoms. The summed E-state index contributed by atoms with van der Waals surface area (Å²) in [5.41, 5.74) is 8.19. The van der Waals surface area contributed by atoms with E-state index in [1.165, 1.54) is 24.0 Å². The van der Waals surface area contributed by atoms with Crippen LogP contribution in [0.2, 0.25) is 0 Å². The molecule has 0 unspecified atom stereocenters. The highest BCUT2D eigenvalue weighted by Crippen LogP contribution is 2.31. The summed E-state index contributed by atoms with van der Waals surface area (Å²) in [6.45, 7) is 3.78. The number of hydrogen-bond acceptors (Lipinski definition) is 3. The first-order valence-corrected chi connectivity index (χ1v) is 5.58. The van der Waals surface area contributed by atoms with E-state index in [1.54, 1.807) is 0 Å². The summed E-state index contributed by atoms with van der Waals surface area (Å²) in [5, 5.41) is 0. The largest absolute Gasteiger partial charge is 0.359 e. The number of pyridine rings is 1. The molecular weight excluding hydrogens is 186 g/mol. The van der Waals surface area contributed by atoms with E-state index in [-0.39, 0.29) is 0 Å². The molecule has 1 aliphatic carbocycles. The number of anilines is 1. The zero-order valence-electron chi connectivity index (χ0n) is 9.53. The van der Waals surface area contributed by atoms with Crippen molar-refractivity contribution in [2.24, 2.45) is 11.7 Å². The summed E-state index contributed by atoms with van der Waals surface area (Å²) in [5.74, 6) is 1.94. The van der Waals surface area contributed by atoms with Crippen LogP contribution in [0.4, 0.5) is 5.82 Å². The minimum absolute atomic E-state index is 0.573. The van der Waals surface area contributed by atoms with E-state index in [2.05, 4.69) is 23.9 Å². The van der Waals surface area contributed by atoms with Gasteiger partial charge in [0, 0.05) is 31.9 Å². The number of nitrogens with zero attached hydrogens (tertiary/aromatic N) is 2. The van der Waals surface area contributed by atoms with Crippen LogP contribution in [-0.4, -0.2) is 18.6 Å². The molecule has 2 rings (SSSR count). The van der Waals surface area contributed by atoms with Crippen molar-refractivity contribution >= 4 is 5.82 Å². The molecule has 1 heterocycles. The lowest BCUT2D eigenvalue weighted by molar-refractivity contribution is 0.769. The maximum Gasteiger partial charge on any atom is 0.133 e. The van der Waals surface area contributed by atoms with Gasteiger partial charge in [-0.3, -0.25) is 0 Å². The predicted octanol–water partition coefficient (Wildman–Crippen LogP) is 1.69. The molecule has 0 aromatic carbocycles. The second-order valence-electron chi connectivity index (χ2n) is 4.46. The molecule has 1 saturated carbocycles. The Bertz CT molecular complexity index is 345. The molecule has 2 N–H and O–H groups in total. The Hall–Kier alpha value is -1.09. The van der Waals surface area contributed by atoms with Gasteiger partial charge in [-0.2, -0.15) is 0 Å². The number of rotatable bonds is 4. The Morgan fingerprint density at radius 2 is 2.27 bits per heavy atom. The van der Waals surface area contributed by atoms with E-state index in [1.807, 2.05) is 12.3 Å². The van der Waals surface area contributed by atoms with Gasteiger partial charge in [0.15, 0.2) is 0 Å². The minimum atomic E-state index is 0.573. The lowest BCUT2D eigenvalue weighted by atomic mass is 10.1. The maximum absolute atomic E-state index is 5.77. The third-order valence-corrected chi connectivity index (χ3v) is 3.06. The van der Waals surface area contributed by atoms with Crippen LogP contribution in [-0.2, 0) is 6.54 Å². The molecule has 1 fully saturated rings. The summed E-state index contributed by atoms with van der Waals surface area (Å²) in [4.78, 5) is 6.68. The molecule has 3 heteroatoms. The Labute approximate surface area is 91.3 Å². The molecule has 1 aliphatic rings. The first-order valence-electron chi connectivity index (χ1n) is 5.58. The second kappa shape index (κ2) is 4.19. The summed E-state index contributed by atoms with van der Waals surface area (Å²) >= 11 is 0. The van der Waals surface area contributed by atoms with E-state index in [0.717, 1.165) is 18.3 Å². The standard InChI is InChI=1S/C12H19N3/c1-9-5-6-14-12(11(9)7-13)15(2)8-10-3-4-10/h5-6,10H,3-4,7-8,13H2,1-2H3. The fraction of sp³-hybridized carbons (Fsp3) is 0.583. The molecule has 82 valence electrons. The van der Waals surface area contributed by atoms with Crippen molar-refractivity contribution in [2.45, 2.75) is 26.3 Å². The average Bonchev–Trinajstić information content (AvgIpc) is 3.01. The van der Waals surface area contributed by atoms with E-state index >= 15 is 0 Å². The molecule has 0 atom stereocenters. The van der Waals surface area contributed by atoms with Gasteiger partial charge in [0.25, 0.3) is 0 Å². The SMILES string of the molecule is Cc1ccnc(N(C)CC2CC2)c1CN. The van der Waals surface area contributed by atoms with Crippen molar-refractivity contribution in [2.75, 3.05) is 18.5 Å². The minimum Gasteiger partial charge on any atom is -0.359 e. The van der Waals surface area contributed by atoms with Crippen molar-refractivity contribution in [1.29, 1.82) is 0 Å². The van der Waals surface area contributed by atoms with Gasteiger partial charge in [-0.05, 0) is 37.3 Å². The third kappa shape index (κ3) is 2.29. The van der Waals surface area contributed by atoms with Crippen LogP contribution < -0.4 is 10.6 Å². The monoisotopic (exact) mass is 205 g/mol. The van der Waals surface area contributed by atoms with Crippen molar-refractivity contribution in [3.8, 4) is 0 Å².